The number of benzene rings is 1. The van der Waals surface area contributed by atoms with Crippen LogP contribution in [-0.2, 0) is 25.6 Å². The number of hydrogen-bond acceptors (Lipinski definition) is 7. The molecule has 0 aliphatic carbocycles. The monoisotopic (exact) mass is 322 g/mol. The molecule has 0 aliphatic heterocycles. The molecular formula is C14H14N2O7. The summed E-state index contributed by atoms with van der Waals surface area (Å²) in [7, 11) is 0. The smallest absolute Gasteiger partial charge is 0.420 e. The first-order chi connectivity index (χ1) is 11.0. The number of ether oxygens (including phenoxy) is 2. The zero-order chi connectivity index (χ0) is 16.8. The van der Waals surface area contributed by atoms with Crippen molar-refractivity contribution in [3.05, 3.63) is 34.8 Å². The lowest BCUT2D eigenvalue weighted by Gasteiger charge is -2.06. The molecule has 2 aromatic rings. The molecule has 2 rings (SSSR count). The highest BCUT2D eigenvalue weighted by atomic mass is 16.6. The lowest BCUT2D eigenvalue weighted by Crippen LogP contribution is -2.35. The quantitative estimate of drug-likeness (QED) is 0.792. The SMILES string of the molecule is CCOC(=O)NC(=O)COC(=O)Cn1c(=O)oc2ccccc21. The van der Waals surface area contributed by atoms with Gasteiger partial charge in [0.15, 0.2) is 12.2 Å². The minimum atomic E-state index is -0.925. The summed E-state index contributed by atoms with van der Waals surface area (Å²) >= 11 is 0. The Kier molecular flexibility index (Phi) is 5.13. The van der Waals surface area contributed by atoms with E-state index in [-0.39, 0.29) is 6.61 Å². The first-order valence-corrected chi connectivity index (χ1v) is 6.72. The van der Waals surface area contributed by atoms with Crippen LogP contribution in [0.25, 0.3) is 11.1 Å². The minimum absolute atomic E-state index is 0.107. The fraction of sp³-hybridized carbons (Fsp3) is 0.286. The molecule has 0 saturated heterocycles. The van der Waals surface area contributed by atoms with Crippen molar-refractivity contribution in [2.75, 3.05) is 13.2 Å². The van der Waals surface area contributed by atoms with Gasteiger partial charge in [-0.2, -0.15) is 0 Å². The van der Waals surface area contributed by atoms with Crippen LogP contribution in [0.5, 0.6) is 0 Å². The van der Waals surface area contributed by atoms with Crippen LogP contribution in [0.1, 0.15) is 6.92 Å². The van der Waals surface area contributed by atoms with E-state index in [1.807, 2.05) is 5.32 Å². The number of esters is 1. The Hall–Kier alpha value is -3.10. The van der Waals surface area contributed by atoms with Crippen molar-refractivity contribution in [3.8, 4) is 0 Å². The normalized spacial score (nSPS) is 10.3. The van der Waals surface area contributed by atoms with E-state index in [0.717, 1.165) is 4.57 Å². The summed E-state index contributed by atoms with van der Waals surface area (Å²) in [6.07, 6.45) is -0.925. The van der Waals surface area contributed by atoms with Crippen molar-refractivity contribution in [1.29, 1.82) is 0 Å². The standard InChI is InChI=1S/C14H14N2O7/c1-2-21-13(19)15-11(17)8-22-12(18)7-16-9-5-3-4-6-10(9)23-14(16)20/h3-6H,2,7-8H2,1H3,(H,15,17,19). The van der Waals surface area contributed by atoms with E-state index in [9.17, 15) is 19.2 Å². The molecule has 9 heteroatoms. The van der Waals surface area contributed by atoms with Gasteiger partial charge in [0.05, 0.1) is 12.1 Å². The molecule has 1 aromatic heterocycles. The molecule has 1 aromatic carbocycles. The average molecular weight is 322 g/mol. The largest absolute Gasteiger partial charge is 0.454 e. The molecule has 0 radical (unpaired) electrons. The summed E-state index contributed by atoms with van der Waals surface area (Å²) in [5.74, 6) is -2.36. The van der Waals surface area contributed by atoms with Crippen molar-refractivity contribution >= 4 is 29.1 Å². The van der Waals surface area contributed by atoms with Gasteiger partial charge in [-0.3, -0.25) is 19.5 Å². The Labute approximate surface area is 129 Å². The zero-order valence-electron chi connectivity index (χ0n) is 12.2. The van der Waals surface area contributed by atoms with Crippen LogP contribution in [0.4, 0.5) is 4.79 Å². The molecule has 0 spiro atoms. The number of rotatable bonds is 5. The highest BCUT2D eigenvalue weighted by Crippen LogP contribution is 2.11. The van der Waals surface area contributed by atoms with Crippen LogP contribution >= 0.6 is 0 Å². The van der Waals surface area contributed by atoms with Crippen LogP contribution in [0, 0.1) is 0 Å². The van der Waals surface area contributed by atoms with Crippen LogP contribution in [-0.4, -0.2) is 35.8 Å². The molecule has 0 fully saturated rings. The van der Waals surface area contributed by atoms with Crippen LogP contribution in [0.2, 0.25) is 0 Å². The molecule has 0 unspecified atom stereocenters. The van der Waals surface area contributed by atoms with Gasteiger partial charge in [-0.25, -0.2) is 9.59 Å². The molecule has 122 valence electrons. The first-order valence-electron chi connectivity index (χ1n) is 6.72. The van der Waals surface area contributed by atoms with E-state index >= 15 is 0 Å². The number of fused-ring (bicyclic) bond motifs is 1. The maximum atomic E-state index is 11.7. The highest BCUT2D eigenvalue weighted by Gasteiger charge is 2.15. The Bertz CT molecular complexity index is 790. The van der Waals surface area contributed by atoms with Gasteiger partial charge in [0, 0.05) is 0 Å². The summed E-state index contributed by atoms with van der Waals surface area (Å²) in [5, 5.41) is 1.87. The second kappa shape index (κ2) is 7.25. The highest BCUT2D eigenvalue weighted by molar-refractivity contribution is 5.93. The molecule has 0 bridgehead atoms. The zero-order valence-corrected chi connectivity index (χ0v) is 12.2. The van der Waals surface area contributed by atoms with Crippen molar-refractivity contribution in [1.82, 2.24) is 9.88 Å². The molecular weight excluding hydrogens is 308 g/mol. The van der Waals surface area contributed by atoms with Gasteiger partial charge in [0.25, 0.3) is 5.91 Å². The predicted octanol–water partition coefficient (Wildman–Crippen LogP) is 0.410. The van der Waals surface area contributed by atoms with Gasteiger partial charge < -0.3 is 13.9 Å². The van der Waals surface area contributed by atoms with Crippen molar-refractivity contribution in [2.45, 2.75) is 13.5 Å². The Morgan fingerprint density at radius 1 is 1.22 bits per heavy atom. The van der Waals surface area contributed by atoms with E-state index in [1.54, 1.807) is 31.2 Å². The third-order valence-corrected chi connectivity index (χ3v) is 2.74. The second-order valence-electron chi connectivity index (χ2n) is 4.35. The third kappa shape index (κ3) is 4.19. The van der Waals surface area contributed by atoms with Gasteiger partial charge in [-0.15, -0.1) is 0 Å². The number of imide groups is 1. The van der Waals surface area contributed by atoms with Gasteiger partial charge in [0.1, 0.15) is 6.54 Å². The van der Waals surface area contributed by atoms with E-state index in [2.05, 4.69) is 4.74 Å². The number of oxazole rings is 1. The molecule has 9 nitrogen and oxygen atoms in total. The number of carbonyl (C=O) groups excluding carboxylic acids is 3. The van der Waals surface area contributed by atoms with Gasteiger partial charge in [-0.05, 0) is 19.1 Å². The Morgan fingerprint density at radius 2 is 1.96 bits per heavy atom. The summed E-state index contributed by atoms with van der Waals surface area (Å²) in [6.45, 7) is 0.608. The Balaban J connectivity index is 1.92. The summed E-state index contributed by atoms with van der Waals surface area (Å²) in [6, 6.07) is 6.58. The number of para-hydroxylation sites is 2. The summed E-state index contributed by atoms with van der Waals surface area (Å²) in [5.41, 5.74) is 0.774. The number of hydrogen-bond donors (Lipinski definition) is 1. The number of carbonyl (C=O) groups is 3. The van der Waals surface area contributed by atoms with E-state index in [4.69, 9.17) is 9.15 Å². The van der Waals surface area contributed by atoms with Gasteiger partial charge in [0.2, 0.25) is 0 Å². The minimum Gasteiger partial charge on any atom is -0.454 e. The Morgan fingerprint density at radius 3 is 2.70 bits per heavy atom. The number of amides is 2. The van der Waals surface area contributed by atoms with Gasteiger partial charge >= 0.3 is 17.8 Å². The second-order valence-corrected chi connectivity index (χ2v) is 4.35. The molecule has 0 saturated carbocycles. The number of nitrogens with zero attached hydrogens (tertiary/aromatic N) is 1. The lowest BCUT2D eigenvalue weighted by atomic mass is 10.3. The van der Waals surface area contributed by atoms with Crippen LogP contribution in [0.15, 0.2) is 33.5 Å². The number of aromatic nitrogens is 1. The predicted molar refractivity (Wildman–Crippen MR) is 76.6 cm³/mol. The van der Waals surface area contributed by atoms with Gasteiger partial charge in [-0.1, -0.05) is 12.1 Å². The van der Waals surface area contributed by atoms with Crippen molar-refractivity contribution in [2.24, 2.45) is 0 Å². The average Bonchev–Trinajstić information content (AvgIpc) is 2.81. The summed E-state index contributed by atoms with van der Waals surface area (Å²) < 4.78 is 15.2. The maximum absolute atomic E-state index is 11.7. The van der Waals surface area contributed by atoms with Crippen molar-refractivity contribution in [3.63, 3.8) is 0 Å². The fourth-order valence-electron chi connectivity index (χ4n) is 1.80. The van der Waals surface area contributed by atoms with Crippen molar-refractivity contribution < 1.29 is 28.3 Å². The number of alkyl carbamates (subject to hydrolysis) is 1. The fourth-order valence-corrected chi connectivity index (χ4v) is 1.80. The topological polar surface area (TPSA) is 117 Å². The van der Waals surface area contributed by atoms with Crippen LogP contribution < -0.4 is 11.1 Å². The third-order valence-electron chi connectivity index (χ3n) is 2.74. The molecule has 1 heterocycles. The molecule has 0 aliphatic rings. The van der Waals surface area contributed by atoms with E-state index < -0.39 is 36.9 Å². The maximum Gasteiger partial charge on any atom is 0.420 e. The lowest BCUT2D eigenvalue weighted by molar-refractivity contribution is -0.149. The first kappa shape index (κ1) is 16.3. The number of nitrogens with one attached hydrogen (secondary N) is 1. The van der Waals surface area contributed by atoms with E-state index in [1.165, 1.54) is 0 Å². The van der Waals surface area contributed by atoms with Crippen LogP contribution in [0.3, 0.4) is 0 Å². The summed E-state index contributed by atoms with van der Waals surface area (Å²) in [4.78, 5) is 45.7. The molecule has 1 N–H and O–H groups in total. The van der Waals surface area contributed by atoms with E-state index in [0.29, 0.717) is 11.1 Å². The molecule has 2 amide bonds. The molecule has 23 heavy (non-hydrogen) atoms. The molecule has 0 atom stereocenters.